The Kier molecular flexibility index (Phi) is 6.98. The number of non-ortho nitro benzene ring substituents is 1. The van der Waals surface area contributed by atoms with E-state index in [9.17, 15) is 20.2 Å². The van der Waals surface area contributed by atoms with E-state index >= 15 is 0 Å². The quantitative estimate of drug-likeness (QED) is 0.288. The van der Waals surface area contributed by atoms with Crippen molar-refractivity contribution < 1.29 is 19.2 Å². The number of hydrogen-bond donors (Lipinski definition) is 1. The zero-order chi connectivity index (χ0) is 20.8. The van der Waals surface area contributed by atoms with Crippen molar-refractivity contribution in [2.75, 3.05) is 19.5 Å². The molecule has 0 saturated heterocycles. The van der Waals surface area contributed by atoms with Crippen LogP contribution in [0.2, 0.25) is 5.02 Å². The van der Waals surface area contributed by atoms with Crippen LogP contribution in [0.5, 0.6) is 11.5 Å². The molecule has 0 bridgehead atoms. The zero-order valence-corrected chi connectivity index (χ0v) is 17.0. The summed E-state index contributed by atoms with van der Waals surface area (Å²) in [5.74, 6) is 0.101. The molecule has 1 amide bonds. The minimum Gasteiger partial charge on any atom is -0.493 e. The Morgan fingerprint density at radius 3 is 2.61 bits per heavy atom. The number of nitriles is 1. The number of nitro benzene ring substituents is 1. The average molecular weight is 467 g/mol. The maximum Gasteiger partial charge on any atom is 0.271 e. The number of halogens is 2. The Balaban J connectivity index is 2.37. The van der Waals surface area contributed by atoms with Crippen molar-refractivity contribution in [3.8, 4) is 17.6 Å². The first kappa shape index (κ1) is 21.2. The van der Waals surface area contributed by atoms with Crippen LogP contribution in [0.3, 0.4) is 0 Å². The van der Waals surface area contributed by atoms with Gasteiger partial charge in [0.25, 0.3) is 11.6 Å². The molecule has 10 heteroatoms. The second kappa shape index (κ2) is 9.21. The van der Waals surface area contributed by atoms with Gasteiger partial charge in [-0.3, -0.25) is 14.9 Å². The first-order valence-electron chi connectivity index (χ1n) is 7.59. The van der Waals surface area contributed by atoms with E-state index in [0.717, 1.165) is 6.07 Å². The molecular formula is C18H13BrClN3O5. The molecule has 2 aromatic carbocycles. The van der Waals surface area contributed by atoms with Gasteiger partial charge >= 0.3 is 0 Å². The zero-order valence-electron chi connectivity index (χ0n) is 14.7. The molecule has 0 fully saturated rings. The number of benzene rings is 2. The lowest BCUT2D eigenvalue weighted by molar-refractivity contribution is -0.384. The molecule has 144 valence electrons. The SMILES string of the molecule is COc1cc(/C=C(\C#N)C(=O)Nc2cc([N+](=O)[O-])ccc2Cl)cc(Br)c1OC. The summed E-state index contributed by atoms with van der Waals surface area (Å²) in [5.41, 5.74) is 0.0459. The summed E-state index contributed by atoms with van der Waals surface area (Å²) in [6.07, 6.45) is 1.34. The average Bonchev–Trinajstić information content (AvgIpc) is 2.66. The molecule has 0 heterocycles. The number of nitrogens with one attached hydrogen (secondary N) is 1. The molecule has 1 N–H and O–H groups in total. The molecule has 8 nitrogen and oxygen atoms in total. The van der Waals surface area contributed by atoms with Crippen LogP contribution in [-0.4, -0.2) is 25.1 Å². The topological polar surface area (TPSA) is 114 Å². The van der Waals surface area contributed by atoms with E-state index in [4.69, 9.17) is 21.1 Å². The van der Waals surface area contributed by atoms with Gasteiger partial charge < -0.3 is 14.8 Å². The highest BCUT2D eigenvalue weighted by atomic mass is 79.9. The smallest absolute Gasteiger partial charge is 0.271 e. The summed E-state index contributed by atoms with van der Waals surface area (Å²) in [5, 5.41) is 22.8. The van der Waals surface area contributed by atoms with Gasteiger partial charge in [0, 0.05) is 12.1 Å². The van der Waals surface area contributed by atoms with Gasteiger partial charge in [-0.05, 0) is 45.8 Å². The van der Waals surface area contributed by atoms with Gasteiger partial charge in [-0.25, -0.2) is 0 Å². The molecule has 0 aromatic heterocycles. The standard InChI is InChI=1S/C18H13BrClN3O5/c1-27-16-7-10(6-13(19)17(16)28-2)5-11(9-21)18(24)22-15-8-12(23(25)26)3-4-14(15)20/h3-8H,1-2H3,(H,22,24)/b11-5+. The third kappa shape index (κ3) is 4.79. The van der Waals surface area contributed by atoms with Crippen molar-refractivity contribution in [1.82, 2.24) is 0 Å². The normalized spacial score (nSPS) is 10.8. The molecule has 0 aliphatic carbocycles. The summed E-state index contributed by atoms with van der Waals surface area (Å²) < 4.78 is 11.0. The Bertz CT molecular complexity index is 1020. The molecule has 0 aliphatic rings. The van der Waals surface area contributed by atoms with Gasteiger partial charge in [0.1, 0.15) is 11.6 Å². The third-order valence-corrected chi connectivity index (χ3v) is 4.46. The van der Waals surface area contributed by atoms with Crippen molar-refractivity contribution in [1.29, 1.82) is 5.26 Å². The van der Waals surface area contributed by atoms with Crippen LogP contribution in [0.4, 0.5) is 11.4 Å². The van der Waals surface area contributed by atoms with Crippen molar-refractivity contribution >= 4 is 50.9 Å². The van der Waals surface area contributed by atoms with E-state index in [1.807, 2.05) is 0 Å². The highest BCUT2D eigenvalue weighted by Gasteiger charge is 2.16. The molecule has 0 aliphatic heterocycles. The maximum absolute atomic E-state index is 12.4. The van der Waals surface area contributed by atoms with Gasteiger partial charge in [0.2, 0.25) is 0 Å². The van der Waals surface area contributed by atoms with Gasteiger partial charge in [-0.2, -0.15) is 5.26 Å². The lowest BCUT2D eigenvalue weighted by Gasteiger charge is -2.11. The monoisotopic (exact) mass is 465 g/mol. The Labute approximate surface area is 173 Å². The lowest BCUT2D eigenvalue weighted by Crippen LogP contribution is -2.14. The third-order valence-electron chi connectivity index (χ3n) is 3.54. The molecule has 0 atom stereocenters. The van der Waals surface area contributed by atoms with Crippen LogP contribution in [-0.2, 0) is 4.79 Å². The van der Waals surface area contributed by atoms with Crippen molar-refractivity contribution in [2.24, 2.45) is 0 Å². The fraction of sp³-hybridized carbons (Fsp3) is 0.111. The molecular weight excluding hydrogens is 454 g/mol. The van der Waals surface area contributed by atoms with E-state index in [0.29, 0.717) is 21.5 Å². The highest BCUT2D eigenvalue weighted by molar-refractivity contribution is 9.10. The largest absolute Gasteiger partial charge is 0.493 e. The van der Waals surface area contributed by atoms with E-state index in [2.05, 4.69) is 21.2 Å². The first-order chi connectivity index (χ1) is 13.3. The predicted octanol–water partition coefficient (Wildman–Crippen LogP) is 4.57. The first-order valence-corrected chi connectivity index (χ1v) is 8.76. The number of rotatable bonds is 6. The molecule has 0 spiro atoms. The summed E-state index contributed by atoms with van der Waals surface area (Å²) in [7, 11) is 2.94. The van der Waals surface area contributed by atoms with E-state index in [-0.39, 0.29) is 22.0 Å². The van der Waals surface area contributed by atoms with Crippen LogP contribution in [0.25, 0.3) is 6.08 Å². The summed E-state index contributed by atoms with van der Waals surface area (Å²) in [6, 6.07) is 8.64. The number of carbonyl (C=O) groups excluding carboxylic acids is 1. The van der Waals surface area contributed by atoms with Crippen LogP contribution in [0.15, 0.2) is 40.4 Å². The lowest BCUT2D eigenvalue weighted by atomic mass is 10.1. The summed E-state index contributed by atoms with van der Waals surface area (Å²) >= 11 is 9.30. The fourth-order valence-electron chi connectivity index (χ4n) is 2.25. The van der Waals surface area contributed by atoms with Crippen LogP contribution >= 0.6 is 27.5 Å². The predicted molar refractivity (Wildman–Crippen MR) is 108 cm³/mol. The minimum absolute atomic E-state index is 0.0236. The van der Waals surface area contributed by atoms with Gasteiger partial charge in [-0.15, -0.1) is 0 Å². The fourth-order valence-corrected chi connectivity index (χ4v) is 3.04. The van der Waals surface area contributed by atoms with Crippen LogP contribution in [0.1, 0.15) is 5.56 Å². The van der Waals surface area contributed by atoms with Gasteiger partial charge in [0.05, 0.1) is 34.3 Å². The number of nitrogens with zero attached hydrogens (tertiary/aromatic N) is 2. The second-order valence-corrected chi connectivity index (χ2v) is 6.54. The van der Waals surface area contributed by atoms with Gasteiger partial charge in [0.15, 0.2) is 11.5 Å². The number of anilines is 1. The van der Waals surface area contributed by atoms with Crippen LogP contribution in [0, 0.1) is 21.4 Å². The number of methoxy groups -OCH3 is 2. The Morgan fingerprint density at radius 1 is 1.32 bits per heavy atom. The number of carbonyl (C=O) groups is 1. The minimum atomic E-state index is -0.768. The van der Waals surface area contributed by atoms with Crippen molar-refractivity contribution in [3.63, 3.8) is 0 Å². The summed E-state index contributed by atoms with van der Waals surface area (Å²) in [6.45, 7) is 0. The molecule has 28 heavy (non-hydrogen) atoms. The molecule has 0 radical (unpaired) electrons. The molecule has 0 saturated carbocycles. The second-order valence-electron chi connectivity index (χ2n) is 5.28. The Hall–Kier alpha value is -3.09. The summed E-state index contributed by atoms with van der Waals surface area (Å²) in [4.78, 5) is 22.7. The van der Waals surface area contributed by atoms with E-state index in [1.165, 1.54) is 32.4 Å². The number of amides is 1. The highest BCUT2D eigenvalue weighted by Crippen LogP contribution is 2.37. The number of ether oxygens (including phenoxy) is 2. The molecule has 0 unspecified atom stereocenters. The number of nitro groups is 1. The molecule has 2 rings (SSSR count). The molecule has 2 aromatic rings. The maximum atomic E-state index is 12.4. The van der Waals surface area contributed by atoms with Crippen LogP contribution < -0.4 is 14.8 Å². The van der Waals surface area contributed by atoms with E-state index < -0.39 is 10.8 Å². The van der Waals surface area contributed by atoms with Crippen molar-refractivity contribution in [3.05, 3.63) is 61.1 Å². The van der Waals surface area contributed by atoms with Crippen molar-refractivity contribution in [2.45, 2.75) is 0 Å². The number of hydrogen-bond acceptors (Lipinski definition) is 6. The Morgan fingerprint density at radius 2 is 2.04 bits per heavy atom. The van der Waals surface area contributed by atoms with Gasteiger partial charge in [-0.1, -0.05) is 11.6 Å². The van der Waals surface area contributed by atoms with E-state index in [1.54, 1.807) is 18.2 Å².